The molecule has 24 heavy (non-hydrogen) atoms. The topological polar surface area (TPSA) is 47.0 Å². The van der Waals surface area contributed by atoms with Gasteiger partial charge in [0, 0.05) is 12.5 Å². The number of sulfone groups is 1. The molecule has 2 aromatic rings. The maximum atomic E-state index is 11.6. The van der Waals surface area contributed by atoms with E-state index in [9.17, 15) is 8.42 Å². The summed E-state index contributed by atoms with van der Waals surface area (Å²) in [6, 6.07) is 12.2. The van der Waals surface area contributed by atoms with Gasteiger partial charge in [0.2, 0.25) is 0 Å². The van der Waals surface area contributed by atoms with E-state index in [2.05, 4.69) is 36.2 Å². The lowest BCUT2D eigenvalue weighted by Crippen LogP contribution is -1.99. The van der Waals surface area contributed by atoms with Crippen LogP contribution in [0.15, 0.2) is 47.5 Å². The predicted octanol–water partition coefficient (Wildman–Crippen LogP) is 4.28. The first-order valence-corrected chi connectivity index (χ1v) is 10.2. The fourth-order valence-corrected chi connectivity index (χ4v) is 4.17. The van der Waals surface area contributed by atoms with Crippen molar-refractivity contribution in [1.82, 2.24) is 4.98 Å². The van der Waals surface area contributed by atoms with Gasteiger partial charge in [0.25, 0.3) is 0 Å². The molecule has 1 aromatic heterocycles. The van der Waals surface area contributed by atoms with Gasteiger partial charge in [0.15, 0.2) is 9.84 Å². The van der Waals surface area contributed by atoms with Crippen LogP contribution in [0.25, 0.3) is 11.1 Å². The molecular weight excluding hydrogens is 318 g/mol. The van der Waals surface area contributed by atoms with Crippen molar-refractivity contribution in [3.63, 3.8) is 0 Å². The zero-order valence-corrected chi connectivity index (χ0v) is 14.9. The van der Waals surface area contributed by atoms with Gasteiger partial charge in [-0.2, -0.15) is 0 Å². The molecule has 1 spiro atoms. The molecule has 124 valence electrons. The molecule has 1 aromatic carbocycles. The molecule has 0 atom stereocenters. The minimum Gasteiger partial charge on any atom is -0.255 e. The van der Waals surface area contributed by atoms with Gasteiger partial charge in [0.1, 0.15) is 0 Å². The van der Waals surface area contributed by atoms with Crippen molar-refractivity contribution in [2.24, 2.45) is 5.41 Å². The Labute approximate surface area is 143 Å². The van der Waals surface area contributed by atoms with Gasteiger partial charge in [-0.25, -0.2) is 8.42 Å². The van der Waals surface area contributed by atoms with Gasteiger partial charge in [-0.1, -0.05) is 29.8 Å². The van der Waals surface area contributed by atoms with Gasteiger partial charge in [-0.05, 0) is 66.9 Å². The third-order valence-corrected chi connectivity index (χ3v) is 6.40. The molecule has 0 N–H and O–H groups in total. The summed E-state index contributed by atoms with van der Waals surface area (Å²) in [6.07, 6.45) is 7.45. The lowest BCUT2D eigenvalue weighted by Gasteiger charge is -2.08. The number of hydrogen-bond acceptors (Lipinski definition) is 3. The average Bonchev–Trinajstić information content (AvgIpc) is 3.19. The summed E-state index contributed by atoms with van der Waals surface area (Å²) >= 11 is 0. The number of pyridine rings is 1. The molecule has 3 nitrogen and oxygen atoms in total. The fourth-order valence-electron chi connectivity index (χ4n) is 3.61. The number of rotatable bonds is 3. The molecule has 0 aliphatic heterocycles. The van der Waals surface area contributed by atoms with E-state index in [4.69, 9.17) is 0 Å². The van der Waals surface area contributed by atoms with E-state index in [1.165, 1.54) is 47.6 Å². The summed E-state index contributed by atoms with van der Waals surface area (Å²) in [4.78, 5) is 4.76. The number of aryl methyl sites for hydroxylation is 1. The van der Waals surface area contributed by atoms with Crippen LogP contribution >= 0.6 is 0 Å². The monoisotopic (exact) mass is 339 g/mol. The molecular formula is C20H21NO2S. The van der Waals surface area contributed by atoms with E-state index in [1.54, 1.807) is 6.07 Å². The Hall–Kier alpha value is -1.94. The molecule has 1 saturated carbocycles. The van der Waals surface area contributed by atoms with Crippen LogP contribution in [0.1, 0.15) is 42.5 Å². The van der Waals surface area contributed by atoms with E-state index < -0.39 is 9.84 Å². The Bertz CT molecular complexity index is 919. The minimum atomic E-state index is -3.20. The first-order valence-electron chi connectivity index (χ1n) is 8.32. The smallest absolute Gasteiger partial charge is 0.177 e. The third-order valence-electron chi connectivity index (χ3n) is 5.30. The summed E-state index contributed by atoms with van der Waals surface area (Å²) in [5, 5.41) is 0. The Morgan fingerprint density at radius 3 is 2.17 bits per heavy atom. The summed E-state index contributed by atoms with van der Waals surface area (Å²) < 4.78 is 23.3. The maximum Gasteiger partial charge on any atom is 0.177 e. The van der Waals surface area contributed by atoms with Crippen molar-refractivity contribution in [3.8, 4) is 0 Å². The number of nitrogens with zero attached hydrogens (tertiary/aromatic N) is 1. The Kier molecular flexibility index (Phi) is 3.43. The van der Waals surface area contributed by atoms with Crippen molar-refractivity contribution in [2.75, 3.05) is 6.26 Å². The summed E-state index contributed by atoms with van der Waals surface area (Å²) in [7, 11) is -3.20. The average molecular weight is 339 g/mol. The molecule has 0 unspecified atom stereocenters. The Balaban J connectivity index is 1.77. The van der Waals surface area contributed by atoms with Crippen LogP contribution in [0.3, 0.4) is 0 Å². The van der Waals surface area contributed by atoms with E-state index in [0.29, 0.717) is 5.41 Å². The van der Waals surface area contributed by atoms with Crippen LogP contribution in [0.2, 0.25) is 0 Å². The SMILES string of the molecule is Cc1ccc(C2=C(c3ccc(S(C)(=O)=O)cn3)CC3(CC3)C2)cc1. The van der Waals surface area contributed by atoms with Crippen LogP contribution in [0.4, 0.5) is 0 Å². The van der Waals surface area contributed by atoms with E-state index >= 15 is 0 Å². The van der Waals surface area contributed by atoms with Crippen LogP contribution < -0.4 is 0 Å². The van der Waals surface area contributed by atoms with E-state index in [0.717, 1.165) is 18.5 Å². The number of benzene rings is 1. The van der Waals surface area contributed by atoms with Crippen molar-refractivity contribution in [1.29, 1.82) is 0 Å². The number of aromatic nitrogens is 1. The predicted molar refractivity (Wildman–Crippen MR) is 96.2 cm³/mol. The second kappa shape index (κ2) is 5.28. The second-order valence-corrected chi connectivity index (χ2v) is 9.34. The van der Waals surface area contributed by atoms with Gasteiger partial charge < -0.3 is 0 Å². The molecule has 4 heteroatoms. The zero-order valence-electron chi connectivity index (χ0n) is 14.0. The Morgan fingerprint density at radius 2 is 1.62 bits per heavy atom. The quantitative estimate of drug-likeness (QED) is 0.838. The van der Waals surface area contributed by atoms with Crippen molar-refractivity contribution >= 4 is 21.0 Å². The van der Waals surface area contributed by atoms with Crippen LogP contribution in [-0.2, 0) is 9.84 Å². The lowest BCUT2D eigenvalue weighted by molar-refractivity contribution is 0.567. The van der Waals surface area contributed by atoms with Gasteiger partial charge in [0.05, 0.1) is 10.6 Å². The van der Waals surface area contributed by atoms with E-state index in [1.807, 2.05) is 6.07 Å². The maximum absolute atomic E-state index is 11.6. The summed E-state index contributed by atoms with van der Waals surface area (Å²) in [5.74, 6) is 0. The highest BCUT2D eigenvalue weighted by Crippen LogP contribution is 2.63. The van der Waals surface area contributed by atoms with Gasteiger partial charge >= 0.3 is 0 Å². The molecule has 1 heterocycles. The highest BCUT2D eigenvalue weighted by atomic mass is 32.2. The fraction of sp³-hybridized carbons (Fsp3) is 0.350. The first kappa shape index (κ1) is 15.6. The third kappa shape index (κ3) is 2.80. The number of allylic oxidation sites excluding steroid dienone is 2. The molecule has 0 radical (unpaired) electrons. The van der Waals surface area contributed by atoms with Crippen molar-refractivity contribution in [3.05, 3.63) is 59.4 Å². The van der Waals surface area contributed by atoms with E-state index in [-0.39, 0.29) is 4.90 Å². The van der Waals surface area contributed by atoms with Gasteiger partial charge in [-0.3, -0.25) is 4.98 Å². The summed E-state index contributed by atoms with van der Waals surface area (Å²) in [5.41, 5.74) is 6.56. The van der Waals surface area contributed by atoms with Crippen LogP contribution in [0.5, 0.6) is 0 Å². The molecule has 0 bridgehead atoms. The highest BCUT2D eigenvalue weighted by Gasteiger charge is 2.48. The minimum absolute atomic E-state index is 0.280. The summed E-state index contributed by atoms with van der Waals surface area (Å²) in [6.45, 7) is 2.10. The molecule has 0 amide bonds. The zero-order chi connectivity index (χ0) is 16.9. The molecule has 1 fully saturated rings. The normalized spacial score (nSPS) is 19.1. The Morgan fingerprint density at radius 1 is 0.958 bits per heavy atom. The standard InChI is InChI=1S/C20H21NO2S/c1-14-3-5-15(6-4-14)17-11-20(9-10-20)12-18(17)19-8-7-16(13-21-19)24(2,22)23/h3-8,13H,9-12H2,1-2H3. The van der Waals surface area contributed by atoms with Crippen LogP contribution in [-0.4, -0.2) is 19.7 Å². The van der Waals surface area contributed by atoms with Gasteiger partial charge in [-0.15, -0.1) is 0 Å². The lowest BCUT2D eigenvalue weighted by atomic mass is 9.98. The molecule has 2 aliphatic rings. The molecule has 0 saturated heterocycles. The van der Waals surface area contributed by atoms with Crippen molar-refractivity contribution in [2.45, 2.75) is 37.5 Å². The number of hydrogen-bond donors (Lipinski definition) is 0. The van der Waals surface area contributed by atoms with Crippen molar-refractivity contribution < 1.29 is 8.42 Å². The highest BCUT2D eigenvalue weighted by molar-refractivity contribution is 7.90. The second-order valence-electron chi connectivity index (χ2n) is 7.33. The first-order chi connectivity index (χ1) is 11.4. The molecule has 4 rings (SSSR count). The van der Waals surface area contributed by atoms with Crippen LogP contribution in [0, 0.1) is 12.3 Å². The molecule has 2 aliphatic carbocycles. The largest absolute Gasteiger partial charge is 0.255 e.